The third-order valence-corrected chi connectivity index (χ3v) is 1.57. The molecular formula is C9H13NO. The maximum atomic E-state index is 11.1. The van der Waals surface area contributed by atoms with Crippen LogP contribution in [0.15, 0.2) is 24.3 Å². The van der Waals surface area contributed by atoms with Crippen LogP contribution < -0.4 is 5.32 Å². The van der Waals surface area contributed by atoms with Crippen molar-refractivity contribution in [3.05, 3.63) is 24.3 Å². The van der Waals surface area contributed by atoms with Gasteiger partial charge >= 0.3 is 0 Å². The summed E-state index contributed by atoms with van der Waals surface area (Å²) in [5.41, 5.74) is 0.541. The number of hydrogen-bond donors (Lipinski definition) is 1. The van der Waals surface area contributed by atoms with Gasteiger partial charge in [0.2, 0.25) is 0 Å². The molecule has 1 fully saturated rings. The van der Waals surface area contributed by atoms with E-state index in [1.54, 1.807) is 6.08 Å². The molecule has 2 heteroatoms. The number of carbonyl (C=O) groups excluding carboxylic acids is 1. The average molecular weight is 151 g/mol. The van der Waals surface area contributed by atoms with Crippen molar-refractivity contribution in [2.75, 3.05) is 0 Å². The van der Waals surface area contributed by atoms with Crippen molar-refractivity contribution in [1.29, 1.82) is 0 Å². The molecule has 0 heterocycles. The van der Waals surface area contributed by atoms with Crippen LogP contribution in [-0.4, -0.2) is 11.9 Å². The van der Waals surface area contributed by atoms with Gasteiger partial charge in [-0.1, -0.05) is 18.7 Å². The second-order valence-electron chi connectivity index (χ2n) is 2.77. The third kappa shape index (κ3) is 2.58. The van der Waals surface area contributed by atoms with E-state index in [4.69, 9.17) is 0 Å². The smallest absolute Gasteiger partial charge is 0.250 e. The SMILES string of the molecule is C=C(C=CC)C(=O)NC1CC1. The van der Waals surface area contributed by atoms with Gasteiger partial charge in [0.15, 0.2) is 0 Å². The lowest BCUT2D eigenvalue weighted by molar-refractivity contribution is -0.117. The number of nitrogens with one attached hydrogen (secondary N) is 1. The van der Waals surface area contributed by atoms with Crippen molar-refractivity contribution in [2.45, 2.75) is 25.8 Å². The first kappa shape index (κ1) is 8.05. The Kier molecular flexibility index (Phi) is 2.47. The van der Waals surface area contributed by atoms with E-state index in [0.717, 1.165) is 12.8 Å². The number of hydrogen-bond acceptors (Lipinski definition) is 1. The first-order valence-corrected chi connectivity index (χ1v) is 3.86. The number of amides is 1. The van der Waals surface area contributed by atoms with Crippen molar-refractivity contribution < 1.29 is 4.79 Å². The molecule has 1 aliphatic rings. The average Bonchev–Trinajstić information content (AvgIpc) is 2.72. The summed E-state index contributed by atoms with van der Waals surface area (Å²) >= 11 is 0. The summed E-state index contributed by atoms with van der Waals surface area (Å²) in [5.74, 6) is -0.0365. The van der Waals surface area contributed by atoms with Gasteiger partial charge in [-0.2, -0.15) is 0 Å². The van der Waals surface area contributed by atoms with Crippen molar-refractivity contribution >= 4 is 5.91 Å². The van der Waals surface area contributed by atoms with Crippen LogP contribution in [0.4, 0.5) is 0 Å². The van der Waals surface area contributed by atoms with E-state index < -0.39 is 0 Å². The maximum Gasteiger partial charge on any atom is 0.250 e. The fourth-order valence-corrected chi connectivity index (χ4v) is 0.783. The second kappa shape index (κ2) is 3.37. The molecule has 1 amide bonds. The quantitative estimate of drug-likeness (QED) is 0.479. The van der Waals surface area contributed by atoms with Crippen molar-refractivity contribution in [3.8, 4) is 0 Å². The summed E-state index contributed by atoms with van der Waals surface area (Å²) in [7, 11) is 0. The maximum absolute atomic E-state index is 11.1. The van der Waals surface area contributed by atoms with Crippen LogP contribution in [-0.2, 0) is 4.79 Å². The summed E-state index contributed by atoms with van der Waals surface area (Å²) in [6.45, 7) is 5.50. The molecule has 0 saturated heterocycles. The molecule has 0 aliphatic heterocycles. The zero-order valence-corrected chi connectivity index (χ0v) is 6.76. The molecule has 0 bridgehead atoms. The Balaban J connectivity index is 2.32. The number of allylic oxidation sites excluding steroid dienone is 1. The molecule has 11 heavy (non-hydrogen) atoms. The minimum absolute atomic E-state index is 0.0365. The van der Waals surface area contributed by atoms with Gasteiger partial charge in [0.25, 0.3) is 5.91 Å². The standard InChI is InChI=1S/C9H13NO/c1-3-4-7(2)9(11)10-8-5-6-8/h3-4,8H,2,5-6H2,1H3,(H,10,11). The molecule has 2 nitrogen and oxygen atoms in total. The van der Waals surface area contributed by atoms with E-state index in [0.29, 0.717) is 11.6 Å². The molecule has 0 spiro atoms. The summed E-state index contributed by atoms with van der Waals surface area (Å²) in [6.07, 6.45) is 5.77. The van der Waals surface area contributed by atoms with Gasteiger partial charge in [0.1, 0.15) is 0 Å². The third-order valence-electron chi connectivity index (χ3n) is 1.57. The zero-order chi connectivity index (χ0) is 8.27. The lowest BCUT2D eigenvalue weighted by atomic mass is 10.2. The van der Waals surface area contributed by atoms with Crippen LogP contribution in [0.2, 0.25) is 0 Å². The lowest BCUT2D eigenvalue weighted by Crippen LogP contribution is -2.25. The summed E-state index contributed by atoms with van der Waals surface area (Å²) in [4.78, 5) is 11.1. The van der Waals surface area contributed by atoms with Crippen LogP contribution in [0.5, 0.6) is 0 Å². The Morgan fingerprint density at radius 3 is 2.73 bits per heavy atom. The van der Waals surface area contributed by atoms with Crippen LogP contribution in [0.1, 0.15) is 19.8 Å². The number of rotatable bonds is 3. The molecule has 0 radical (unpaired) electrons. The van der Waals surface area contributed by atoms with Gasteiger partial charge in [-0.25, -0.2) is 0 Å². The van der Waals surface area contributed by atoms with Gasteiger partial charge in [0.05, 0.1) is 0 Å². The van der Waals surface area contributed by atoms with Crippen LogP contribution in [0.3, 0.4) is 0 Å². The lowest BCUT2D eigenvalue weighted by Gasteiger charge is -2.00. The Morgan fingerprint density at radius 1 is 1.64 bits per heavy atom. The Morgan fingerprint density at radius 2 is 2.27 bits per heavy atom. The fourth-order valence-electron chi connectivity index (χ4n) is 0.783. The van der Waals surface area contributed by atoms with Crippen LogP contribution in [0.25, 0.3) is 0 Å². The van der Waals surface area contributed by atoms with Gasteiger partial charge in [-0.15, -0.1) is 0 Å². The van der Waals surface area contributed by atoms with Gasteiger partial charge in [-0.05, 0) is 19.8 Å². The molecule has 1 rings (SSSR count). The molecule has 0 aromatic heterocycles. The van der Waals surface area contributed by atoms with E-state index >= 15 is 0 Å². The highest BCUT2D eigenvalue weighted by atomic mass is 16.1. The predicted octanol–water partition coefficient (Wildman–Crippen LogP) is 1.40. The minimum Gasteiger partial charge on any atom is -0.349 e. The van der Waals surface area contributed by atoms with Gasteiger partial charge in [-0.3, -0.25) is 4.79 Å². The Hall–Kier alpha value is -1.05. The Bertz CT molecular complexity index is 202. The largest absolute Gasteiger partial charge is 0.349 e. The normalized spacial score (nSPS) is 16.8. The van der Waals surface area contributed by atoms with Gasteiger partial charge in [0, 0.05) is 11.6 Å². The van der Waals surface area contributed by atoms with Crippen LogP contribution in [0, 0.1) is 0 Å². The molecule has 60 valence electrons. The van der Waals surface area contributed by atoms with E-state index in [-0.39, 0.29) is 5.91 Å². The molecular weight excluding hydrogens is 138 g/mol. The monoisotopic (exact) mass is 151 g/mol. The van der Waals surface area contributed by atoms with Gasteiger partial charge < -0.3 is 5.32 Å². The minimum atomic E-state index is -0.0365. The number of carbonyl (C=O) groups is 1. The molecule has 0 unspecified atom stereocenters. The second-order valence-corrected chi connectivity index (χ2v) is 2.77. The predicted molar refractivity (Wildman–Crippen MR) is 45.1 cm³/mol. The summed E-state index contributed by atoms with van der Waals surface area (Å²) in [5, 5.41) is 2.85. The highest BCUT2D eigenvalue weighted by Gasteiger charge is 2.23. The fraction of sp³-hybridized carbons (Fsp3) is 0.444. The van der Waals surface area contributed by atoms with E-state index in [1.165, 1.54) is 0 Å². The molecule has 0 aromatic carbocycles. The van der Waals surface area contributed by atoms with E-state index in [1.807, 2.05) is 13.0 Å². The first-order valence-electron chi connectivity index (χ1n) is 3.86. The zero-order valence-electron chi connectivity index (χ0n) is 6.76. The van der Waals surface area contributed by atoms with Crippen molar-refractivity contribution in [1.82, 2.24) is 5.32 Å². The topological polar surface area (TPSA) is 29.1 Å². The van der Waals surface area contributed by atoms with Crippen molar-refractivity contribution in [2.24, 2.45) is 0 Å². The Labute approximate surface area is 67.0 Å². The molecule has 0 aromatic rings. The molecule has 1 aliphatic carbocycles. The van der Waals surface area contributed by atoms with Crippen LogP contribution >= 0.6 is 0 Å². The molecule has 0 atom stereocenters. The summed E-state index contributed by atoms with van der Waals surface area (Å²) < 4.78 is 0. The first-order chi connectivity index (χ1) is 5.24. The highest BCUT2D eigenvalue weighted by molar-refractivity contribution is 5.95. The summed E-state index contributed by atoms with van der Waals surface area (Å²) in [6, 6.07) is 0.421. The van der Waals surface area contributed by atoms with E-state index in [9.17, 15) is 4.79 Å². The van der Waals surface area contributed by atoms with Crippen molar-refractivity contribution in [3.63, 3.8) is 0 Å². The molecule has 1 saturated carbocycles. The van der Waals surface area contributed by atoms with E-state index in [2.05, 4.69) is 11.9 Å². The highest BCUT2D eigenvalue weighted by Crippen LogP contribution is 2.18. The molecule has 1 N–H and O–H groups in total.